The van der Waals surface area contributed by atoms with Crippen molar-refractivity contribution < 1.29 is 19.0 Å². The summed E-state index contributed by atoms with van der Waals surface area (Å²) in [5.41, 5.74) is 3.37. The Bertz CT molecular complexity index is 845. The molecule has 1 N–H and O–H groups in total. The number of nitrogens with one attached hydrogen (secondary N) is 1. The summed E-state index contributed by atoms with van der Waals surface area (Å²) in [6, 6.07) is 14.2. The monoisotopic (exact) mass is 426 g/mol. The minimum Gasteiger partial charge on any atom is -0.497 e. The number of carbonyl (C=O) groups excluding carboxylic acids is 1. The number of benzene rings is 2. The predicted octanol–water partition coefficient (Wildman–Crippen LogP) is 3.70. The number of nitrogens with zero attached hydrogens (tertiary/aromatic N) is 1. The highest BCUT2D eigenvalue weighted by Crippen LogP contribution is 2.27. The number of hydrogen-bond acceptors (Lipinski definition) is 5. The van der Waals surface area contributed by atoms with Gasteiger partial charge < -0.3 is 19.5 Å². The molecule has 31 heavy (non-hydrogen) atoms. The van der Waals surface area contributed by atoms with E-state index in [4.69, 9.17) is 14.2 Å². The maximum absolute atomic E-state index is 12.6. The fourth-order valence-electron chi connectivity index (χ4n) is 3.82. The van der Waals surface area contributed by atoms with Gasteiger partial charge in [-0.05, 0) is 47.7 Å². The van der Waals surface area contributed by atoms with Gasteiger partial charge in [-0.1, -0.05) is 38.1 Å². The Labute approximate surface area is 185 Å². The summed E-state index contributed by atoms with van der Waals surface area (Å²) < 4.78 is 16.7. The molecule has 0 unspecified atom stereocenters. The topological polar surface area (TPSA) is 60.0 Å². The molecule has 6 heteroatoms. The number of ether oxygens (including phenoxy) is 3. The maximum atomic E-state index is 12.6. The molecule has 2 aromatic rings. The summed E-state index contributed by atoms with van der Waals surface area (Å²) in [5.74, 6) is 1.81. The number of methoxy groups -OCH3 is 1. The molecule has 0 radical (unpaired) electrons. The van der Waals surface area contributed by atoms with Crippen LogP contribution in [-0.2, 0) is 9.53 Å². The minimum atomic E-state index is -0.122. The molecule has 3 rings (SSSR count). The summed E-state index contributed by atoms with van der Waals surface area (Å²) >= 11 is 0. The number of hydrogen-bond donors (Lipinski definition) is 1. The Hall–Kier alpha value is -2.57. The van der Waals surface area contributed by atoms with E-state index in [-0.39, 0.29) is 18.6 Å². The highest BCUT2D eigenvalue weighted by Gasteiger charge is 2.23. The van der Waals surface area contributed by atoms with Crippen LogP contribution in [0.4, 0.5) is 0 Å². The second-order valence-electron chi connectivity index (χ2n) is 8.23. The molecule has 0 aliphatic carbocycles. The van der Waals surface area contributed by atoms with Crippen LogP contribution in [0.15, 0.2) is 42.5 Å². The molecule has 1 aliphatic rings. The minimum absolute atomic E-state index is 0.00160. The lowest BCUT2D eigenvalue weighted by Gasteiger charge is -2.35. The summed E-state index contributed by atoms with van der Waals surface area (Å²) in [6.45, 7) is 9.87. The van der Waals surface area contributed by atoms with Gasteiger partial charge in [0.1, 0.15) is 11.5 Å². The molecule has 1 amide bonds. The molecule has 6 nitrogen and oxygen atoms in total. The first-order valence-corrected chi connectivity index (χ1v) is 10.9. The maximum Gasteiger partial charge on any atom is 0.258 e. The Morgan fingerprint density at radius 2 is 1.84 bits per heavy atom. The van der Waals surface area contributed by atoms with E-state index in [0.29, 0.717) is 25.7 Å². The largest absolute Gasteiger partial charge is 0.497 e. The van der Waals surface area contributed by atoms with E-state index in [2.05, 4.69) is 48.3 Å². The number of amides is 1. The molecule has 1 saturated heterocycles. The van der Waals surface area contributed by atoms with Crippen LogP contribution in [0.3, 0.4) is 0 Å². The summed E-state index contributed by atoms with van der Waals surface area (Å²) in [7, 11) is 1.66. The third-order valence-electron chi connectivity index (χ3n) is 5.63. The summed E-state index contributed by atoms with van der Waals surface area (Å²) in [4.78, 5) is 15.0. The molecule has 0 saturated carbocycles. The van der Waals surface area contributed by atoms with Crippen molar-refractivity contribution in [2.45, 2.75) is 32.7 Å². The van der Waals surface area contributed by atoms with E-state index in [1.54, 1.807) is 7.11 Å². The van der Waals surface area contributed by atoms with E-state index in [0.717, 1.165) is 41.3 Å². The zero-order valence-corrected chi connectivity index (χ0v) is 19.0. The zero-order valence-electron chi connectivity index (χ0n) is 19.0. The van der Waals surface area contributed by atoms with Crippen LogP contribution in [0.5, 0.6) is 11.5 Å². The van der Waals surface area contributed by atoms with E-state index in [1.807, 2.05) is 25.1 Å². The van der Waals surface area contributed by atoms with E-state index in [9.17, 15) is 4.79 Å². The van der Waals surface area contributed by atoms with Gasteiger partial charge in [-0.2, -0.15) is 0 Å². The molecule has 0 aromatic heterocycles. The van der Waals surface area contributed by atoms with Crippen LogP contribution in [0, 0.1) is 6.92 Å². The lowest BCUT2D eigenvalue weighted by Crippen LogP contribution is -2.44. The third-order valence-corrected chi connectivity index (χ3v) is 5.63. The average molecular weight is 427 g/mol. The van der Waals surface area contributed by atoms with Gasteiger partial charge in [-0.15, -0.1) is 0 Å². The third kappa shape index (κ3) is 6.45. The van der Waals surface area contributed by atoms with E-state index in [1.165, 1.54) is 0 Å². The quantitative estimate of drug-likeness (QED) is 0.663. The summed E-state index contributed by atoms with van der Waals surface area (Å²) in [5, 5.41) is 3.06. The SMILES string of the molecule is COc1ccc([C@@H](CNC(=O)COc2cc(C)ccc2C(C)C)N2CCOCC2)cc1. The molecular formula is C25H34N2O4. The van der Waals surface area contributed by atoms with Gasteiger partial charge in [0.25, 0.3) is 5.91 Å². The average Bonchev–Trinajstić information content (AvgIpc) is 2.79. The Morgan fingerprint density at radius 3 is 2.48 bits per heavy atom. The van der Waals surface area contributed by atoms with Crippen molar-refractivity contribution in [3.8, 4) is 11.5 Å². The van der Waals surface area contributed by atoms with Crippen LogP contribution in [0.2, 0.25) is 0 Å². The highest BCUT2D eigenvalue weighted by atomic mass is 16.5. The Kier molecular flexibility index (Phi) is 8.32. The molecule has 2 aromatic carbocycles. The number of aryl methyl sites for hydroxylation is 1. The second-order valence-corrected chi connectivity index (χ2v) is 8.23. The van der Waals surface area contributed by atoms with Crippen LogP contribution in [0.1, 0.15) is 42.5 Å². The predicted molar refractivity (Wildman–Crippen MR) is 122 cm³/mol. The normalized spacial score (nSPS) is 15.5. The van der Waals surface area contributed by atoms with Crippen LogP contribution in [-0.4, -0.2) is 57.4 Å². The van der Waals surface area contributed by atoms with Crippen molar-refractivity contribution in [2.75, 3.05) is 46.6 Å². The van der Waals surface area contributed by atoms with Gasteiger partial charge in [0.15, 0.2) is 6.61 Å². The number of morpholine rings is 1. The number of carbonyl (C=O) groups is 1. The smallest absolute Gasteiger partial charge is 0.258 e. The van der Waals surface area contributed by atoms with Crippen molar-refractivity contribution in [3.63, 3.8) is 0 Å². The molecule has 168 valence electrons. The van der Waals surface area contributed by atoms with Crippen LogP contribution < -0.4 is 14.8 Å². The lowest BCUT2D eigenvalue weighted by atomic mass is 10.0. The van der Waals surface area contributed by atoms with Crippen molar-refractivity contribution >= 4 is 5.91 Å². The second kappa shape index (κ2) is 11.2. The van der Waals surface area contributed by atoms with Gasteiger partial charge in [0, 0.05) is 19.6 Å². The van der Waals surface area contributed by atoms with Gasteiger partial charge >= 0.3 is 0 Å². The molecule has 1 aliphatic heterocycles. The molecule has 0 spiro atoms. The summed E-state index contributed by atoms with van der Waals surface area (Å²) in [6.07, 6.45) is 0. The molecule has 1 atom stereocenters. The van der Waals surface area contributed by atoms with Gasteiger partial charge in [0.2, 0.25) is 0 Å². The molecular weight excluding hydrogens is 392 g/mol. The lowest BCUT2D eigenvalue weighted by molar-refractivity contribution is -0.123. The molecule has 1 heterocycles. The fourth-order valence-corrected chi connectivity index (χ4v) is 3.82. The Balaban J connectivity index is 1.62. The van der Waals surface area contributed by atoms with Crippen molar-refractivity contribution in [3.05, 3.63) is 59.2 Å². The Morgan fingerprint density at radius 1 is 1.13 bits per heavy atom. The van der Waals surface area contributed by atoms with Crippen LogP contribution >= 0.6 is 0 Å². The molecule has 0 bridgehead atoms. The zero-order chi connectivity index (χ0) is 22.2. The number of rotatable bonds is 9. The molecule has 1 fully saturated rings. The first-order valence-electron chi connectivity index (χ1n) is 10.9. The van der Waals surface area contributed by atoms with Crippen molar-refractivity contribution in [1.29, 1.82) is 0 Å². The van der Waals surface area contributed by atoms with E-state index < -0.39 is 0 Å². The standard InChI is InChI=1S/C25H34N2O4/c1-18(2)22-10-5-19(3)15-24(22)31-17-25(28)26-16-23(27-11-13-30-14-12-27)20-6-8-21(29-4)9-7-20/h5-10,15,18,23H,11-14,16-17H2,1-4H3,(H,26,28)/t23-/m1/s1. The fraction of sp³-hybridized carbons (Fsp3) is 0.480. The van der Waals surface area contributed by atoms with Crippen molar-refractivity contribution in [2.24, 2.45) is 0 Å². The van der Waals surface area contributed by atoms with Crippen LogP contribution in [0.25, 0.3) is 0 Å². The van der Waals surface area contributed by atoms with E-state index >= 15 is 0 Å². The highest BCUT2D eigenvalue weighted by molar-refractivity contribution is 5.77. The van der Waals surface area contributed by atoms with Gasteiger partial charge in [-0.25, -0.2) is 0 Å². The van der Waals surface area contributed by atoms with Crippen molar-refractivity contribution in [1.82, 2.24) is 10.2 Å². The first kappa shape index (κ1) is 23.1. The van der Waals surface area contributed by atoms with Gasteiger partial charge in [-0.3, -0.25) is 9.69 Å². The first-order chi connectivity index (χ1) is 15.0. The van der Waals surface area contributed by atoms with Gasteiger partial charge in [0.05, 0.1) is 26.4 Å².